The minimum atomic E-state index is -0.163. The summed E-state index contributed by atoms with van der Waals surface area (Å²) in [5, 5.41) is 4.63. The molecule has 0 aliphatic heterocycles. The van der Waals surface area contributed by atoms with E-state index in [9.17, 15) is 0 Å². The van der Waals surface area contributed by atoms with E-state index in [-0.39, 0.29) is 5.41 Å². The van der Waals surface area contributed by atoms with Crippen molar-refractivity contribution in [2.45, 2.75) is 19.3 Å². The number of rotatable bonds is 5. The third-order valence-corrected chi connectivity index (χ3v) is 12.4. The molecule has 0 spiro atoms. The van der Waals surface area contributed by atoms with Crippen molar-refractivity contribution in [1.82, 2.24) is 24.1 Å². The van der Waals surface area contributed by atoms with Gasteiger partial charge in [-0.05, 0) is 57.6 Å². The van der Waals surface area contributed by atoms with Gasteiger partial charge in [-0.2, -0.15) is 9.97 Å². The first-order chi connectivity index (χ1) is 29.0. The summed E-state index contributed by atoms with van der Waals surface area (Å²) in [5.41, 5.74) is 14.5. The first kappa shape index (κ1) is 33.5. The Morgan fingerprint density at radius 1 is 0.390 bits per heavy atom. The van der Waals surface area contributed by atoms with Crippen molar-refractivity contribution in [3.63, 3.8) is 0 Å². The summed E-state index contributed by atoms with van der Waals surface area (Å²) in [7, 11) is 0. The van der Waals surface area contributed by atoms with Gasteiger partial charge in [0.05, 0.1) is 22.1 Å². The molecule has 0 bridgehead atoms. The maximum Gasteiger partial charge on any atom is 0.238 e. The predicted molar refractivity (Wildman–Crippen MR) is 242 cm³/mol. The fraction of sp³-hybridized carbons (Fsp3) is 0.0556. The first-order valence-electron chi connectivity index (χ1n) is 20.2. The van der Waals surface area contributed by atoms with Crippen LogP contribution in [0.3, 0.4) is 0 Å². The van der Waals surface area contributed by atoms with E-state index in [2.05, 4.69) is 193 Å². The number of aromatic nitrogens is 5. The monoisotopic (exact) mass is 755 g/mol. The Morgan fingerprint density at radius 2 is 0.932 bits per heavy atom. The number of benzene rings is 8. The number of hydrogen-bond acceptors (Lipinski definition) is 3. The Bertz CT molecular complexity index is 3470. The minimum Gasteiger partial charge on any atom is -0.307 e. The van der Waals surface area contributed by atoms with Crippen molar-refractivity contribution in [3.05, 3.63) is 199 Å². The summed E-state index contributed by atoms with van der Waals surface area (Å²) in [4.78, 5) is 16.2. The van der Waals surface area contributed by atoms with Gasteiger partial charge in [0, 0.05) is 43.8 Å². The van der Waals surface area contributed by atoms with E-state index >= 15 is 0 Å². The SMILES string of the molecule is CC1(C)c2ccccc2-c2c(-c3nc(-c4ccccc4)nc(-n4c5ccccc5c5ccc6c7ccccc7n(-c7cccc(-c8ccccc8)c7)c6c54)n3)cccc21. The zero-order valence-corrected chi connectivity index (χ0v) is 32.6. The fourth-order valence-electron chi connectivity index (χ4n) is 9.67. The molecule has 0 N–H and O–H groups in total. The second kappa shape index (κ2) is 12.7. The predicted octanol–water partition coefficient (Wildman–Crippen LogP) is 13.4. The number of para-hydroxylation sites is 2. The van der Waals surface area contributed by atoms with Crippen molar-refractivity contribution in [1.29, 1.82) is 0 Å². The molecule has 0 atom stereocenters. The van der Waals surface area contributed by atoms with Crippen LogP contribution in [0.25, 0.3) is 100 Å². The zero-order valence-electron chi connectivity index (χ0n) is 32.6. The fourth-order valence-corrected chi connectivity index (χ4v) is 9.67. The molecular weight excluding hydrogens is 719 g/mol. The van der Waals surface area contributed by atoms with E-state index in [0.29, 0.717) is 17.6 Å². The van der Waals surface area contributed by atoms with E-state index < -0.39 is 0 Å². The molecule has 3 heterocycles. The normalized spacial score (nSPS) is 13.1. The van der Waals surface area contributed by atoms with Crippen LogP contribution in [-0.2, 0) is 5.41 Å². The second-order valence-corrected chi connectivity index (χ2v) is 16.0. The summed E-state index contributed by atoms with van der Waals surface area (Å²) >= 11 is 0. The Hall–Kier alpha value is -7.63. The third-order valence-electron chi connectivity index (χ3n) is 12.4. The van der Waals surface area contributed by atoms with Gasteiger partial charge in [-0.25, -0.2) is 4.98 Å². The molecule has 1 aliphatic rings. The Labute approximate surface area is 341 Å². The first-order valence-corrected chi connectivity index (χ1v) is 20.2. The van der Waals surface area contributed by atoms with E-state index in [0.717, 1.165) is 55.2 Å². The highest BCUT2D eigenvalue weighted by Gasteiger charge is 2.37. The Balaban J connectivity index is 1.21. The van der Waals surface area contributed by atoms with Gasteiger partial charge in [0.2, 0.25) is 5.95 Å². The molecule has 0 unspecified atom stereocenters. The van der Waals surface area contributed by atoms with Crippen LogP contribution in [0.5, 0.6) is 0 Å². The molecule has 5 heteroatoms. The molecule has 278 valence electrons. The van der Waals surface area contributed by atoms with E-state index in [1.807, 2.05) is 18.2 Å². The van der Waals surface area contributed by atoms with Crippen molar-refractivity contribution in [3.8, 4) is 56.7 Å². The summed E-state index contributed by atoms with van der Waals surface area (Å²) < 4.78 is 4.71. The van der Waals surface area contributed by atoms with Gasteiger partial charge in [0.15, 0.2) is 11.6 Å². The second-order valence-electron chi connectivity index (χ2n) is 16.0. The van der Waals surface area contributed by atoms with Gasteiger partial charge in [0.25, 0.3) is 0 Å². The number of nitrogens with zero attached hydrogens (tertiary/aromatic N) is 5. The van der Waals surface area contributed by atoms with Gasteiger partial charge in [-0.1, -0.05) is 178 Å². The molecule has 8 aromatic carbocycles. The van der Waals surface area contributed by atoms with Crippen LogP contribution >= 0.6 is 0 Å². The lowest BCUT2D eigenvalue weighted by Crippen LogP contribution is -2.14. The number of fused-ring (bicyclic) bond motifs is 10. The van der Waals surface area contributed by atoms with E-state index in [1.165, 1.54) is 38.6 Å². The van der Waals surface area contributed by atoms with Crippen LogP contribution < -0.4 is 0 Å². The maximum absolute atomic E-state index is 5.52. The maximum atomic E-state index is 5.52. The molecule has 1 aliphatic carbocycles. The molecule has 12 rings (SSSR count). The average molecular weight is 756 g/mol. The standard InChI is InChI=1S/C54H37N5/c1-54(2)44-27-12-9-25-42(44)48-43(26-16-28-45(48)54)52-55-51(35-19-7-4-8-20-35)56-53(57-52)59-47-30-14-11-24-39(47)41-32-31-40-38-23-10-13-29-46(38)58(49(40)50(41)59)37-22-15-21-36(33-37)34-17-5-3-6-18-34/h3-33H,1-2H3. The summed E-state index contributed by atoms with van der Waals surface area (Å²) in [5.74, 6) is 1.85. The molecule has 0 saturated carbocycles. The molecule has 59 heavy (non-hydrogen) atoms. The highest BCUT2D eigenvalue weighted by atomic mass is 15.2. The molecule has 0 saturated heterocycles. The quantitative estimate of drug-likeness (QED) is 0.176. The van der Waals surface area contributed by atoms with Crippen molar-refractivity contribution >= 4 is 43.6 Å². The van der Waals surface area contributed by atoms with Crippen LogP contribution in [0.1, 0.15) is 25.0 Å². The van der Waals surface area contributed by atoms with Crippen LogP contribution in [0.15, 0.2) is 188 Å². The molecule has 0 radical (unpaired) electrons. The van der Waals surface area contributed by atoms with Crippen LogP contribution in [0, 0.1) is 0 Å². The number of hydrogen-bond donors (Lipinski definition) is 0. The summed E-state index contributed by atoms with van der Waals surface area (Å²) in [6.45, 7) is 4.63. The van der Waals surface area contributed by atoms with Gasteiger partial charge < -0.3 is 4.57 Å². The summed E-state index contributed by atoms with van der Waals surface area (Å²) in [6.07, 6.45) is 0. The molecule has 11 aromatic rings. The topological polar surface area (TPSA) is 48.5 Å². The minimum absolute atomic E-state index is 0.163. The van der Waals surface area contributed by atoms with Crippen molar-refractivity contribution < 1.29 is 0 Å². The van der Waals surface area contributed by atoms with Crippen LogP contribution in [-0.4, -0.2) is 24.1 Å². The lowest BCUT2D eigenvalue weighted by Gasteiger charge is -2.21. The smallest absolute Gasteiger partial charge is 0.238 e. The molecule has 5 nitrogen and oxygen atoms in total. The van der Waals surface area contributed by atoms with Gasteiger partial charge in [-0.15, -0.1) is 0 Å². The summed E-state index contributed by atoms with van der Waals surface area (Å²) in [6, 6.07) is 67.0. The highest BCUT2D eigenvalue weighted by Crippen LogP contribution is 2.52. The van der Waals surface area contributed by atoms with Crippen LogP contribution in [0.4, 0.5) is 0 Å². The lowest BCUT2D eigenvalue weighted by molar-refractivity contribution is 0.660. The Kier molecular flexibility index (Phi) is 7.20. The molecular formula is C54H37N5. The lowest BCUT2D eigenvalue weighted by atomic mass is 9.82. The molecule has 3 aromatic heterocycles. The van der Waals surface area contributed by atoms with Gasteiger partial charge in [-0.3, -0.25) is 4.57 Å². The third kappa shape index (κ3) is 4.95. The van der Waals surface area contributed by atoms with E-state index in [1.54, 1.807) is 0 Å². The average Bonchev–Trinajstić information content (AvgIpc) is 3.90. The van der Waals surface area contributed by atoms with Crippen molar-refractivity contribution in [2.75, 3.05) is 0 Å². The highest BCUT2D eigenvalue weighted by molar-refractivity contribution is 6.23. The van der Waals surface area contributed by atoms with E-state index in [4.69, 9.17) is 15.0 Å². The Morgan fingerprint density at radius 3 is 1.68 bits per heavy atom. The van der Waals surface area contributed by atoms with Crippen molar-refractivity contribution in [2.24, 2.45) is 0 Å². The molecule has 0 fully saturated rings. The van der Waals surface area contributed by atoms with Gasteiger partial charge >= 0.3 is 0 Å². The van der Waals surface area contributed by atoms with Crippen LogP contribution in [0.2, 0.25) is 0 Å². The van der Waals surface area contributed by atoms with Gasteiger partial charge in [0.1, 0.15) is 0 Å². The largest absolute Gasteiger partial charge is 0.307 e. The molecule has 0 amide bonds. The zero-order chi connectivity index (χ0) is 39.2.